The number of nitrogens with zero attached hydrogens (tertiary/aromatic N) is 6. The Morgan fingerprint density at radius 2 is 1.83 bits per heavy atom. The molecule has 0 radical (unpaired) electrons. The average molecular weight is 653 g/mol. The van der Waals surface area contributed by atoms with Gasteiger partial charge in [0.2, 0.25) is 0 Å². The summed E-state index contributed by atoms with van der Waals surface area (Å²) in [6.07, 6.45) is 4.53. The Morgan fingerprint density at radius 3 is 2.48 bits per heavy atom. The molecule has 1 unspecified atom stereocenters. The maximum Gasteiger partial charge on any atom is 0.416 e. The number of alkyl halides is 3. The maximum atomic E-state index is 14.6. The van der Waals surface area contributed by atoms with Gasteiger partial charge in [-0.2, -0.15) is 18.3 Å². The molecular formula is C33H32F4N6O2S. The van der Waals surface area contributed by atoms with E-state index in [-0.39, 0.29) is 36.4 Å². The lowest BCUT2D eigenvalue weighted by atomic mass is 9.60. The number of ketones is 1. The number of aryl methyl sites for hydroxylation is 1. The van der Waals surface area contributed by atoms with Crippen molar-refractivity contribution in [3.63, 3.8) is 0 Å². The number of carbonyl (C=O) groups excluding carboxylic acids is 1. The number of halogens is 4. The molecule has 1 aromatic carbocycles. The fourth-order valence-corrected chi connectivity index (χ4v) is 9.41. The highest BCUT2D eigenvalue weighted by Gasteiger charge is 2.53. The Hall–Kier alpha value is -4.10. The highest BCUT2D eigenvalue weighted by atomic mass is 32.2. The van der Waals surface area contributed by atoms with E-state index in [0.29, 0.717) is 29.4 Å². The van der Waals surface area contributed by atoms with Crippen LogP contribution in [-0.4, -0.2) is 56.6 Å². The predicted octanol–water partition coefficient (Wildman–Crippen LogP) is 5.98. The molecule has 2 saturated carbocycles. The Labute approximate surface area is 263 Å². The van der Waals surface area contributed by atoms with Crippen LogP contribution in [0.15, 0.2) is 65.6 Å². The normalized spacial score (nSPS) is 22.6. The lowest BCUT2D eigenvalue weighted by Crippen LogP contribution is -2.51. The molecule has 0 spiro atoms. The zero-order chi connectivity index (χ0) is 32.6. The number of fused-ring (bicyclic) bond motifs is 2. The largest absolute Gasteiger partial charge is 0.416 e. The van der Waals surface area contributed by atoms with Crippen LogP contribution in [0.5, 0.6) is 0 Å². The van der Waals surface area contributed by atoms with Crippen LogP contribution in [0.1, 0.15) is 65.2 Å². The third kappa shape index (κ3) is 5.00. The third-order valence-corrected chi connectivity index (χ3v) is 11.9. The first-order valence-electron chi connectivity index (χ1n) is 15.1. The molecule has 13 heteroatoms. The number of hydrogen-bond acceptors (Lipinski definition) is 5. The fourth-order valence-electron chi connectivity index (χ4n) is 7.06. The number of aromatic nitrogens is 5. The molecule has 3 heterocycles. The van der Waals surface area contributed by atoms with Crippen molar-refractivity contribution in [1.29, 1.82) is 0 Å². The van der Waals surface area contributed by atoms with Gasteiger partial charge in [-0.25, -0.2) is 22.6 Å². The highest BCUT2D eigenvalue weighted by Crippen LogP contribution is 2.53. The second-order valence-corrected chi connectivity index (χ2v) is 14.6. The zero-order valence-electron chi connectivity index (χ0n) is 25.3. The molecule has 3 atom stereocenters. The Kier molecular flexibility index (Phi) is 7.13. The van der Waals surface area contributed by atoms with Gasteiger partial charge in [-0.15, -0.1) is 0 Å². The van der Waals surface area contributed by atoms with E-state index in [2.05, 4.69) is 20.9 Å². The molecular weight excluding hydrogens is 620 g/mol. The van der Waals surface area contributed by atoms with Crippen LogP contribution in [-0.2, 0) is 29.4 Å². The van der Waals surface area contributed by atoms with Gasteiger partial charge in [-0.1, -0.05) is 5.57 Å². The predicted molar refractivity (Wildman–Crippen MR) is 165 cm³/mol. The van der Waals surface area contributed by atoms with Crippen LogP contribution in [0.2, 0.25) is 0 Å². The molecule has 0 saturated heterocycles. The van der Waals surface area contributed by atoms with Crippen LogP contribution >= 0.6 is 0 Å². The number of Topliss-reactive ketones (excluding diaryl/α,β-unsaturated/α-hetero) is 1. The molecule has 46 heavy (non-hydrogen) atoms. The lowest BCUT2D eigenvalue weighted by Gasteiger charge is -2.47. The van der Waals surface area contributed by atoms with E-state index in [1.165, 1.54) is 12.1 Å². The van der Waals surface area contributed by atoms with Crippen molar-refractivity contribution in [2.24, 2.45) is 12.5 Å². The molecule has 0 aliphatic heterocycles. The van der Waals surface area contributed by atoms with Gasteiger partial charge in [0.05, 0.1) is 44.5 Å². The van der Waals surface area contributed by atoms with Gasteiger partial charge in [-0.05, 0) is 99.4 Å². The van der Waals surface area contributed by atoms with E-state index in [1.54, 1.807) is 40.8 Å². The second kappa shape index (κ2) is 10.7. The molecule has 3 aliphatic rings. The molecule has 8 nitrogen and oxygen atoms in total. The van der Waals surface area contributed by atoms with Crippen LogP contribution in [0.4, 0.5) is 17.6 Å². The van der Waals surface area contributed by atoms with Crippen molar-refractivity contribution in [1.82, 2.24) is 28.6 Å². The number of imidazole rings is 1. The standard InChI is InChI=1S/C33H32F4N6O2S/c1-20-39-19-30(41(20)2)46(3,45)43(26-10-11-26)27-7-4-22-15-29-21(18-40-42(29)25-8-5-24(34)6-9-25)16-32(22,17-27)31(44)28-14-23(12-13-38-28)33(35,36)37/h5-6,8-9,12-15,18-19,26-27H,3-4,7,10-11,16-17H2,1-2H3/t27-,32-,46?/m0/s1. The number of pyridine rings is 1. The van der Waals surface area contributed by atoms with E-state index in [1.807, 2.05) is 17.3 Å². The second-order valence-electron chi connectivity index (χ2n) is 12.5. The quantitative estimate of drug-likeness (QED) is 0.139. The summed E-state index contributed by atoms with van der Waals surface area (Å²) in [4.78, 5) is 23.1. The van der Waals surface area contributed by atoms with Crippen molar-refractivity contribution < 1.29 is 26.6 Å². The summed E-state index contributed by atoms with van der Waals surface area (Å²) in [6.45, 7) is 1.82. The average Bonchev–Trinajstić information content (AvgIpc) is 3.67. The van der Waals surface area contributed by atoms with Crippen LogP contribution < -0.4 is 0 Å². The summed E-state index contributed by atoms with van der Waals surface area (Å²) in [6, 6.07) is 7.20. The number of allylic oxidation sites excluding steroid dienone is 1. The van der Waals surface area contributed by atoms with E-state index in [9.17, 15) is 26.6 Å². The third-order valence-electron chi connectivity index (χ3n) is 9.57. The number of carbonyl (C=O) groups is 1. The fraction of sp³-hybridized carbons (Fsp3) is 0.364. The monoisotopic (exact) mass is 652 g/mol. The lowest BCUT2D eigenvalue weighted by molar-refractivity contribution is -0.137. The van der Waals surface area contributed by atoms with Crippen molar-refractivity contribution in [2.45, 2.75) is 68.7 Å². The molecule has 0 bridgehead atoms. The first-order valence-corrected chi connectivity index (χ1v) is 16.7. The minimum absolute atomic E-state index is 0.00468. The summed E-state index contributed by atoms with van der Waals surface area (Å²) in [5.74, 6) is 4.00. The van der Waals surface area contributed by atoms with Gasteiger partial charge < -0.3 is 4.57 Å². The molecule has 7 rings (SSSR count). The summed E-state index contributed by atoms with van der Waals surface area (Å²) in [7, 11) is -1.24. The molecule has 0 N–H and O–H groups in total. The number of benzene rings is 1. The zero-order valence-corrected chi connectivity index (χ0v) is 26.1. The van der Waals surface area contributed by atoms with Crippen molar-refractivity contribution in [3.8, 4) is 5.69 Å². The minimum atomic E-state index is -4.65. The van der Waals surface area contributed by atoms with Gasteiger partial charge >= 0.3 is 6.18 Å². The number of hydrogen-bond donors (Lipinski definition) is 0. The van der Waals surface area contributed by atoms with Crippen LogP contribution in [0.25, 0.3) is 11.8 Å². The Balaban J connectivity index is 1.34. The molecule has 3 aromatic heterocycles. The number of rotatable bonds is 7. The molecule has 240 valence electrons. The molecule has 0 amide bonds. The minimum Gasteiger partial charge on any atom is -0.324 e. The van der Waals surface area contributed by atoms with Gasteiger partial charge in [0.15, 0.2) is 5.78 Å². The van der Waals surface area contributed by atoms with Crippen molar-refractivity contribution in [3.05, 3.63) is 94.7 Å². The topological polar surface area (TPSA) is 85.9 Å². The summed E-state index contributed by atoms with van der Waals surface area (Å²) >= 11 is 0. The van der Waals surface area contributed by atoms with Crippen LogP contribution in [0.3, 0.4) is 0 Å². The van der Waals surface area contributed by atoms with E-state index in [4.69, 9.17) is 0 Å². The van der Waals surface area contributed by atoms with Gasteiger partial charge in [0.1, 0.15) is 22.4 Å². The first kappa shape index (κ1) is 30.5. The molecule has 2 fully saturated rings. The van der Waals surface area contributed by atoms with E-state index in [0.717, 1.165) is 48.0 Å². The smallest absolute Gasteiger partial charge is 0.324 e. The molecule has 4 aromatic rings. The summed E-state index contributed by atoms with van der Waals surface area (Å²) in [5, 5.41) is 5.04. The summed E-state index contributed by atoms with van der Waals surface area (Å²) < 4.78 is 74.9. The Morgan fingerprint density at radius 1 is 1.09 bits per heavy atom. The van der Waals surface area contributed by atoms with Gasteiger partial charge in [0, 0.05) is 25.3 Å². The first-order chi connectivity index (χ1) is 21.8. The maximum absolute atomic E-state index is 14.6. The van der Waals surface area contributed by atoms with Crippen molar-refractivity contribution >= 4 is 27.4 Å². The van der Waals surface area contributed by atoms with Gasteiger partial charge in [0.25, 0.3) is 0 Å². The van der Waals surface area contributed by atoms with E-state index >= 15 is 0 Å². The molecule has 3 aliphatic carbocycles. The highest BCUT2D eigenvalue weighted by molar-refractivity contribution is 7.98. The Bertz CT molecular complexity index is 1990. The van der Waals surface area contributed by atoms with Gasteiger partial charge in [-0.3, -0.25) is 9.78 Å². The van der Waals surface area contributed by atoms with Crippen molar-refractivity contribution in [2.75, 3.05) is 0 Å². The SMILES string of the molecule is C=S(=O)(c1cnc(C)n1C)N(C1CC1)[C@H]1CCC2=Cc3c(cnn3-c3ccc(F)cc3)C[C@]2(C(=O)c2cc(C(F)(F)F)ccn2)C1. The van der Waals surface area contributed by atoms with Crippen LogP contribution in [0, 0.1) is 18.2 Å². The van der Waals surface area contributed by atoms with E-state index < -0.39 is 32.6 Å². The summed E-state index contributed by atoms with van der Waals surface area (Å²) in [5.41, 5.74) is 0.366.